The average molecular weight is 224 g/mol. The molecule has 0 bridgehead atoms. The number of ether oxygens (including phenoxy) is 1. The van der Waals surface area contributed by atoms with Gasteiger partial charge >= 0.3 is 5.97 Å². The van der Waals surface area contributed by atoms with Gasteiger partial charge in [-0.15, -0.1) is 0 Å². The number of benzene rings is 1. The molecule has 3 nitrogen and oxygen atoms in total. The van der Waals surface area contributed by atoms with Crippen LogP contribution in [-0.4, -0.2) is 18.4 Å². The first-order valence-corrected chi connectivity index (χ1v) is 5.03. The van der Waals surface area contributed by atoms with E-state index in [2.05, 4.69) is 4.74 Å². The Bertz CT molecular complexity index is 388. The maximum Gasteiger partial charge on any atom is 0.313 e. The molecule has 1 aromatic rings. The Morgan fingerprint density at radius 3 is 2.75 bits per heavy atom. The van der Waals surface area contributed by atoms with Crippen LogP contribution in [0.25, 0.3) is 0 Å². The number of ketones is 1. The summed E-state index contributed by atoms with van der Waals surface area (Å²) in [5.41, 5.74) is 0.564. The molecule has 0 saturated heterocycles. The summed E-state index contributed by atoms with van der Waals surface area (Å²) in [6.45, 7) is 1.93. The number of halogens is 1. The van der Waals surface area contributed by atoms with Crippen molar-refractivity contribution in [2.75, 3.05) is 6.61 Å². The minimum Gasteiger partial charge on any atom is -0.466 e. The highest BCUT2D eigenvalue weighted by Crippen LogP contribution is 2.06. The smallest absolute Gasteiger partial charge is 0.313 e. The van der Waals surface area contributed by atoms with Crippen molar-refractivity contribution in [3.8, 4) is 0 Å². The van der Waals surface area contributed by atoms with Crippen molar-refractivity contribution in [1.29, 1.82) is 0 Å². The van der Waals surface area contributed by atoms with Crippen LogP contribution in [-0.2, 0) is 20.7 Å². The first-order valence-electron chi connectivity index (χ1n) is 5.03. The molecule has 0 unspecified atom stereocenters. The second kappa shape index (κ2) is 6.00. The number of hydrogen-bond acceptors (Lipinski definition) is 3. The Balaban J connectivity index is 2.48. The van der Waals surface area contributed by atoms with Gasteiger partial charge in [-0.1, -0.05) is 12.1 Å². The normalized spacial score (nSPS) is 9.88. The summed E-state index contributed by atoms with van der Waals surface area (Å²) in [5, 5.41) is 0. The Morgan fingerprint density at radius 1 is 1.38 bits per heavy atom. The van der Waals surface area contributed by atoms with Crippen LogP contribution in [0.1, 0.15) is 18.9 Å². The van der Waals surface area contributed by atoms with Gasteiger partial charge in [-0.3, -0.25) is 9.59 Å². The van der Waals surface area contributed by atoms with Crippen molar-refractivity contribution < 1.29 is 18.7 Å². The molecule has 4 heteroatoms. The summed E-state index contributed by atoms with van der Waals surface area (Å²) in [5.74, 6) is -1.20. The molecule has 0 aromatic heterocycles. The molecule has 0 atom stereocenters. The van der Waals surface area contributed by atoms with E-state index < -0.39 is 5.97 Å². The van der Waals surface area contributed by atoms with Crippen LogP contribution in [0, 0.1) is 5.82 Å². The quantitative estimate of drug-likeness (QED) is 0.566. The summed E-state index contributed by atoms with van der Waals surface area (Å²) < 4.78 is 17.4. The van der Waals surface area contributed by atoms with Crippen LogP contribution in [0.2, 0.25) is 0 Å². The van der Waals surface area contributed by atoms with Gasteiger partial charge in [0.05, 0.1) is 6.61 Å². The van der Waals surface area contributed by atoms with Crippen LogP contribution < -0.4 is 0 Å². The molecule has 86 valence electrons. The minimum atomic E-state index is -0.538. The molecule has 0 aliphatic rings. The van der Waals surface area contributed by atoms with Crippen molar-refractivity contribution in [2.24, 2.45) is 0 Å². The first-order chi connectivity index (χ1) is 7.61. The molecule has 0 saturated carbocycles. The van der Waals surface area contributed by atoms with Gasteiger partial charge in [0.25, 0.3) is 0 Å². The summed E-state index contributed by atoms with van der Waals surface area (Å²) in [7, 11) is 0. The fourth-order valence-electron chi connectivity index (χ4n) is 1.31. The van der Waals surface area contributed by atoms with Gasteiger partial charge in [0.1, 0.15) is 18.0 Å². The topological polar surface area (TPSA) is 43.4 Å². The highest BCUT2D eigenvalue weighted by atomic mass is 19.1. The predicted octanol–water partition coefficient (Wildman–Crippen LogP) is 1.89. The van der Waals surface area contributed by atoms with Crippen LogP contribution in [0.15, 0.2) is 24.3 Å². The molecule has 0 heterocycles. The largest absolute Gasteiger partial charge is 0.466 e. The van der Waals surface area contributed by atoms with Gasteiger partial charge in [0.2, 0.25) is 0 Å². The lowest BCUT2D eigenvalue weighted by molar-refractivity contribution is -0.145. The van der Waals surface area contributed by atoms with Gasteiger partial charge in [-0.05, 0) is 24.6 Å². The standard InChI is InChI=1S/C12H13FO3/c1-2-16-12(15)8-11(14)7-9-4-3-5-10(13)6-9/h3-6H,2,7-8H2,1H3. The molecule has 16 heavy (non-hydrogen) atoms. The molecule has 0 radical (unpaired) electrons. The van der Waals surface area contributed by atoms with Crippen LogP contribution >= 0.6 is 0 Å². The molecule has 0 aliphatic heterocycles. The molecule has 0 amide bonds. The van der Waals surface area contributed by atoms with Crippen LogP contribution in [0.4, 0.5) is 4.39 Å². The van der Waals surface area contributed by atoms with Gasteiger partial charge < -0.3 is 4.74 Å². The first kappa shape index (κ1) is 12.4. The Hall–Kier alpha value is -1.71. The molecule has 0 spiro atoms. The maximum atomic E-state index is 12.8. The fourth-order valence-corrected chi connectivity index (χ4v) is 1.31. The van der Waals surface area contributed by atoms with Crippen molar-refractivity contribution in [1.82, 2.24) is 0 Å². The van der Waals surface area contributed by atoms with Gasteiger partial charge in [-0.25, -0.2) is 4.39 Å². The van der Waals surface area contributed by atoms with E-state index in [1.807, 2.05) is 0 Å². The number of Topliss-reactive ketones (excluding diaryl/α,β-unsaturated/α-hetero) is 1. The van der Waals surface area contributed by atoms with Crippen molar-refractivity contribution in [3.63, 3.8) is 0 Å². The third-order valence-electron chi connectivity index (χ3n) is 1.94. The van der Waals surface area contributed by atoms with E-state index in [0.717, 1.165) is 0 Å². The second-order valence-electron chi connectivity index (χ2n) is 3.33. The van der Waals surface area contributed by atoms with E-state index in [1.54, 1.807) is 13.0 Å². The molecule has 1 aromatic carbocycles. The van der Waals surface area contributed by atoms with Crippen molar-refractivity contribution in [2.45, 2.75) is 19.8 Å². The zero-order valence-electron chi connectivity index (χ0n) is 9.03. The van der Waals surface area contributed by atoms with Gasteiger partial charge in [-0.2, -0.15) is 0 Å². The number of carbonyl (C=O) groups excluding carboxylic acids is 2. The third kappa shape index (κ3) is 4.21. The Morgan fingerprint density at radius 2 is 2.12 bits per heavy atom. The number of rotatable bonds is 5. The summed E-state index contributed by atoms with van der Waals surface area (Å²) in [6.07, 6.45) is -0.207. The summed E-state index contributed by atoms with van der Waals surface area (Å²) in [4.78, 5) is 22.4. The predicted molar refractivity (Wildman–Crippen MR) is 56.4 cm³/mol. The van der Waals surface area contributed by atoms with E-state index in [9.17, 15) is 14.0 Å². The molecule has 0 N–H and O–H groups in total. The van der Waals surface area contributed by atoms with Crippen LogP contribution in [0.3, 0.4) is 0 Å². The van der Waals surface area contributed by atoms with E-state index in [4.69, 9.17) is 0 Å². The molecule has 0 aliphatic carbocycles. The zero-order chi connectivity index (χ0) is 12.0. The zero-order valence-corrected chi connectivity index (χ0v) is 9.03. The third-order valence-corrected chi connectivity index (χ3v) is 1.94. The lowest BCUT2D eigenvalue weighted by atomic mass is 10.1. The second-order valence-corrected chi connectivity index (χ2v) is 3.33. The molecule has 1 rings (SSSR count). The Kier molecular flexibility index (Phi) is 4.64. The molecule has 0 fully saturated rings. The van der Waals surface area contributed by atoms with Crippen molar-refractivity contribution >= 4 is 11.8 Å². The number of carbonyl (C=O) groups is 2. The Labute approximate surface area is 93.2 Å². The van der Waals surface area contributed by atoms with E-state index in [1.165, 1.54) is 18.2 Å². The maximum absolute atomic E-state index is 12.8. The highest BCUT2D eigenvalue weighted by molar-refractivity contribution is 5.96. The van der Waals surface area contributed by atoms with Gasteiger partial charge in [0.15, 0.2) is 0 Å². The van der Waals surface area contributed by atoms with Crippen molar-refractivity contribution in [3.05, 3.63) is 35.6 Å². The van der Waals surface area contributed by atoms with E-state index in [0.29, 0.717) is 5.56 Å². The number of hydrogen-bond donors (Lipinski definition) is 0. The molecular weight excluding hydrogens is 211 g/mol. The summed E-state index contributed by atoms with van der Waals surface area (Å²) in [6, 6.07) is 5.76. The summed E-state index contributed by atoms with van der Waals surface area (Å²) >= 11 is 0. The molecular formula is C12H13FO3. The SMILES string of the molecule is CCOC(=O)CC(=O)Cc1cccc(F)c1. The highest BCUT2D eigenvalue weighted by Gasteiger charge is 2.11. The number of esters is 1. The minimum absolute atomic E-state index is 0.0522. The average Bonchev–Trinajstić information content (AvgIpc) is 2.17. The monoisotopic (exact) mass is 224 g/mol. The fraction of sp³-hybridized carbons (Fsp3) is 0.333. The lowest BCUT2D eigenvalue weighted by Gasteiger charge is -2.02. The van der Waals surface area contributed by atoms with Gasteiger partial charge in [0, 0.05) is 6.42 Å². The van der Waals surface area contributed by atoms with Crippen LogP contribution in [0.5, 0.6) is 0 Å². The lowest BCUT2D eigenvalue weighted by Crippen LogP contribution is -2.13. The van der Waals surface area contributed by atoms with E-state index in [-0.39, 0.29) is 31.0 Å². The van der Waals surface area contributed by atoms with E-state index >= 15 is 0 Å².